The molecule has 0 aromatic carbocycles. The van der Waals surface area contributed by atoms with E-state index in [1.807, 2.05) is 4.90 Å². The number of piperazine rings is 1. The Bertz CT molecular complexity index is 697. The maximum Gasteiger partial charge on any atom is 0.224 e. The number of amides is 2. The SMILES string of the molecule is O=C(CCn1cnnn1)N1C[C@@H]2C[C@H]1CN2C(=O)CC12CCC(CC1)C2. The van der Waals surface area contributed by atoms with Gasteiger partial charge in [-0.05, 0) is 60.3 Å². The Balaban J connectivity index is 1.15. The van der Waals surface area contributed by atoms with E-state index in [2.05, 4.69) is 20.4 Å². The Morgan fingerprint density at radius 2 is 1.81 bits per heavy atom. The number of hydrogen-bond donors (Lipinski definition) is 0. The highest BCUT2D eigenvalue weighted by Gasteiger charge is 2.50. The maximum atomic E-state index is 12.9. The van der Waals surface area contributed by atoms with E-state index in [0.29, 0.717) is 30.8 Å². The molecule has 5 rings (SSSR count). The smallest absolute Gasteiger partial charge is 0.224 e. The van der Waals surface area contributed by atoms with Gasteiger partial charge in [-0.3, -0.25) is 9.59 Å². The average Bonchev–Trinajstić information content (AvgIpc) is 3.45. The van der Waals surface area contributed by atoms with E-state index in [4.69, 9.17) is 0 Å². The van der Waals surface area contributed by atoms with E-state index in [0.717, 1.165) is 25.3 Å². The lowest BCUT2D eigenvalue weighted by Gasteiger charge is -2.36. The van der Waals surface area contributed by atoms with E-state index in [-0.39, 0.29) is 18.0 Å². The van der Waals surface area contributed by atoms with Crippen molar-refractivity contribution in [1.29, 1.82) is 0 Å². The third kappa shape index (κ3) is 2.70. The summed E-state index contributed by atoms with van der Waals surface area (Å²) < 4.78 is 1.58. The Labute approximate surface area is 152 Å². The minimum atomic E-state index is 0.146. The normalized spacial score (nSPS) is 34.8. The predicted molar refractivity (Wildman–Crippen MR) is 91.7 cm³/mol. The summed E-state index contributed by atoms with van der Waals surface area (Å²) in [5.41, 5.74) is 0.310. The van der Waals surface area contributed by atoms with Gasteiger partial charge in [0.2, 0.25) is 11.8 Å². The lowest BCUT2D eigenvalue weighted by Crippen LogP contribution is -2.51. The molecule has 140 valence electrons. The molecule has 4 fully saturated rings. The molecule has 2 aliphatic heterocycles. The molecule has 8 nitrogen and oxygen atoms in total. The standard InChI is InChI=1S/C18H26N6O2/c25-16(3-6-22-12-19-20-21-22)23-10-15-7-14(23)11-24(15)17(26)9-18-4-1-13(8-18)2-5-18/h12-15H,1-11H2/t13?,14-,15-,18?/m0/s1. The zero-order valence-corrected chi connectivity index (χ0v) is 15.1. The molecule has 2 aliphatic carbocycles. The van der Waals surface area contributed by atoms with Crippen LogP contribution in [0.5, 0.6) is 0 Å². The van der Waals surface area contributed by atoms with Gasteiger partial charge in [-0.2, -0.15) is 0 Å². The van der Waals surface area contributed by atoms with E-state index in [9.17, 15) is 9.59 Å². The summed E-state index contributed by atoms with van der Waals surface area (Å²) in [6.07, 6.45) is 10.0. The number of carbonyl (C=O) groups is 2. The van der Waals surface area contributed by atoms with Crippen LogP contribution in [0.1, 0.15) is 51.4 Å². The molecule has 2 saturated heterocycles. The van der Waals surface area contributed by atoms with Crippen LogP contribution in [0, 0.1) is 11.3 Å². The van der Waals surface area contributed by atoms with Crippen LogP contribution >= 0.6 is 0 Å². The molecular formula is C18H26N6O2. The molecule has 0 N–H and O–H groups in total. The van der Waals surface area contributed by atoms with Crippen molar-refractivity contribution >= 4 is 11.8 Å². The van der Waals surface area contributed by atoms with Gasteiger partial charge < -0.3 is 9.80 Å². The molecule has 0 unspecified atom stereocenters. The number of aryl methyl sites for hydroxylation is 1. The molecule has 2 amide bonds. The number of hydrogen-bond acceptors (Lipinski definition) is 5. The van der Waals surface area contributed by atoms with Crippen LogP contribution in [-0.4, -0.2) is 67.0 Å². The first-order valence-corrected chi connectivity index (χ1v) is 9.92. The number of rotatable bonds is 5. The highest BCUT2D eigenvalue weighted by Crippen LogP contribution is 2.56. The largest absolute Gasteiger partial charge is 0.336 e. The van der Waals surface area contributed by atoms with Crippen LogP contribution in [0.15, 0.2) is 6.33 Å². The molecule has 4 aliphatic rings. The molecule has 2 atom stereocenters. The summed E-state index contributed by atoms with van der Waals surface area (Å²) in [6.45, 7) is 1.92. The number of tetrazole rings is 1. The average molecular weight is 358 g/mol. The molecular weight excluding hydrogens is 332 g/mol. The van der Waals surface area contributed by atoms with Gasteiger partial charge in [0, 0.05) is 25.9 Å². The van der Waals surface area contributed by atoms with E-state index in [1.165, 1.54) is 38.4 Å². The zero-order chi connectivity index (χ0) is 17.7. The van der Waals surface area contributed by atoms with Crippen LogP contribution in [0.25, 0.3) is 0 Å². The monoisotopic (exact) mass is 358 g/mol. The summed E-state index contributed by atoms with van der Waals surface area (Å²) in [5, 5.41) is 11.0. The van der Waals surface area contributed by atoms with Crippen molar-refractivity contribution in [2.75, 3.05) is 13.1 Å². The molecule has 0 radical (unpaired) electrons. The minimum absolute atomic E-state index is 0.146. The van der Waals surface area contributed by atoms with Gasteiger partial charge >= 0.3 is 0 Å². The van der Waals surface area contributed by atoms with Crippen molar-refractivity contribution in [1.82, 2.24) is 30.0 Å². The van der Waals surface area contributed by atoms with Gasteiger partial charge in [0.15, 0.2) is 0 Å². The van der Waals surface area contributed by atoms with Crippen molar-refractivity contribution in [3.05, 3.63) is 6.33 Å². The second kappa shape index (κ2) is 6.03. The molecule has 2 saturated carbocycles. The van der Waals surface area contributed by atoms with Crippen molar-refractivity contribution < 1.29 is 9.59 Å². The molecule has 3 heterocycles. The fourth-order valence-corrected chi connectivity index (χ4v) is 5.90. The first-order valence-electron chi connectivity index (χ1n) is 9.92. The van der Waals surface area contributed by atoms with Crippen molar-refractivity contribution in [2.45, 2.75) is 70.0 Å². The molecule has 1 aromatic heterocycles. The third-order valence-corrected chi connectivity index (χ3v) is 7.24. The maximum absolute atomic E-state index is 12.9. The Kier molecular flexibility index (Phi) is 3.76. The number of likely N-dealkylation sites (tertiary alicyclic amines) is 2. The number of aromatic nitrogens is 4. The second-order valence-corrected chi connectivity index (χ2v) is 8.78. The van der Waals surface area contributed by atoms with Crippen LogP contribution in [0.3, 0.4) is 0 Å². The summed E-state index contributed by atoms with van der Waals surface area (Å²) in [7, 11) is 0. The summed E-state index contributed by atoms with van der Waals surface area (Å²) in [6, 6.07) is 0.419. The van der Waals surface area contributed by atoms with Crippen molar-refractivity contribution in [3.8, 4) is 0 Å². The van der Waals surface area contributed by atoms with Gasteiger partial charge in [-0.1, -0.05) is 0 Å². The Morgan fingerprint density at radius 3 is 2.38 bits per heavy atom. The zero-order valence-electron chi connectivity index (χ0n) is 15.1. The molecule has 26 heavy (non-hydrogen) atoms. The van der Waals surface area contributed by atoms with Crippen LogP contribution in [0.4, 0.5) is 0 Å². The first kappa shape index (κ1) is 16.2. The third-order valence-electron chi connectivity index (χ3n) is 7.24. The topological polar surface area (TPSA) is 84.2 Å². The quantitative estimate of drug-likeness (QED) is 0.779. The minimum Gasteiger partial charge on any atom is -0.336 e. The summed E-state index contributed by atoms with van der Waals surface area (Å²) >= 11 is 0. The molecule has 0 spiro atoms. The number of fused-ring (bicyclic) bond motifs is 4. The van der Waals surface area contributed by atoms with Gasteiger partial charge in [-0.15, -0.1) is 5.10 Å². The fourth-order valence-electron chi connectivity index (χ4n) is 5.90. The van der Waals surface area contributed by atoms with Gasteiger partial charge in [0.25, 0.3) is 0 Å². The van der Waals surface area contributed by atoms with Crippen LogP contribution in [0.2, 0.25) is 0 Å². The highest BCUT2D eigenvalue weighted by molar-refractivity contribution is 5.80. The molecule has 4 bridgehead atoms. The lowest BCUT2D eigenvalue weighted by molar-refractivity contribution is -0.141. The van der Waals surface area contributed by atoms with Crippen LogP contribution < -0.4 is 0 Å². The van der Waals surface area contributed by atoms with E-state index in [1.54, 1.807) is 4.68 Å². The van der Waals surface area contributed by atoms with Gasteiger partial charge in [0.05, 0.1) is 18.6 Å². The highest BCUT2D eigenvalue weighted by atomic mass is 16.2. The molecule has 8 heteroatoms. The Morgan fingerprint density at radius 1 is 1.08 bits per heavy atom. The van der Waals surface area contributed by atoms with Gasteiger partial charge in [0.1, 0.15) is 6.33 Å². The van der Waals surface area contributed by atoms with E-state index >= 15 is 0 Å². The van der Waals surface area contributed by atoms with E-state index < -0.39 is 0 Å². The second-order valence-electron chi connectivity index (χ2n) is 8.78. The van der Waals surface area contributed by atoms with Gasteiger partial charge in [-0.25, -0.2) is 4.68 Å². The van der Waals surface area contributed by atoms with Crippen LogP contribution in [-0.2, 0) is 16.1 Å². The number of nitrogens with zero attached hydrogens (tertiary/aromatic N) is 6. The molecule has 1 aromatic rings. The number of carbonyl (C=O) groups excluding carboxylic acids is 2. The van der Waals surface area contributed by atoms with Crippen molar-refractivity contribution in [2.24, 2.45) is 11.3 Å². The fraction of sp³-hybridized carbons (Fsp3) is 0.833. The van der Waals surface area contributed by atoms with Crippen molar-refractivity contribution in [3.63, 3.8) is 0 Å². The lowest BCUT2D eigenvalue weighted by atomic mass is 9.81. The summed E-state index contributed by atoms with van der Waals surface area (Å²) in [5.74, 6) is 1.36. The first-order chi connectivity index (χ1) is 12.6. The summed E-state index contributed by atoms with van der Waals surface area (Å²) in [4.78, 5) is 29.5. The predicted octanol–water partition coefficient (Wildman–Crippen LogP) is 0.845. The Hall–Kier alpha value is -1.99.